The standard InChI is InChI=1S/C18H18N4O3/c1-18(24,15-6-3-9-25-15)12-21-17(23)13-4-2-5-14(10-13)22-16-11-19-7-8-20-16/h2-11,24H,12H2,1H3,(H,20,22)(H,21,23). The van der Waals surface area contributed by atoms with E-state index in [9.17, 15) is 9.90 Å². The SMILES string of the molecule is CC(O)(CNC(=O)c1cccc(Nc2cnccn2)c1)c1ccco1. The van der Waals surface area contributed by atoms with Gasteiger partial charge in [0.2, 0.25) is 0 Å². The molecule has 3 aromatic rings. The third-order valence-corrected chi connectivity index (χ3v) is 3.61. The molecule has 0 radical (unpaired) electrons. The number of nitrogens with one attached hydrogen (secondary N) is 2. The van der Waals surface area contributed by atoms with Crippen LogP contribution >= 0.6 is 0 Å². The molecule has 2 heterocycles. The number of furan rings is 1. The average Bonchev–Trinajstić information content (AvgIpc) is 3.16. The minimum absolute atomic E-state index is 0.0289. The van der Waals surface area contributed by atoms with E-state index in [1.54, 1.807) is 55.8 Å². The van der Waals surface area contributed by atoms with Crippen molar-refractivity contribution in [3.63, 3.8) is 0 Å². The molecule has 0 aliphatic heterocycles. The smallest absolute Gasteiger partial charge is 0.251 e. The first-order valence-corrected chi connectivity index (χ1v) is 7.72. The van der Waals surface area contributed by atoms with Gasteiger partial charge in [-0.05, 0) is 37.3 Å². The molecule has 0 saturated carbocycles. The number of anilines is 2. The van der Waals surface area contributed by atoms with Gasteiger partial charge in [0.25, 0.3) is 5.91 Å². The summed E-state index contributed by atoms with van der Waals surface area (Å²) in [4.78, 5) is 20.5. The van der Waals surface area contributed by atoms with Crippen LogP contribution in [0.5, 0.6) is 0 Å². The molecule has 3 N–H and O–H groups in total. The number of nitrogens with zero attached hydrogens (tertiary/aromatic N) is 2. The number of aromatic nitrogens is 2. The van der Waals surface area contributed by atoms with Crippen LogP contribution in [0.3, 0.4) is 0 Å². The Morgan fingerprint density at radius 1 is 1.28 bits per heavy atom. The van der Waals surface area contributed by atoms with Crippen molar-refractivity contribution in [1.82, 2.24) is 15.3 Å². The first kappa shape index (κ1) is 16.7. The Hall–Kier alpha value is -3.19. The summed E-state index contributed by atoms with van der Waals surface area (Å²) in [7, 11) is 0. The molecule has 0 saturated heterocycles. The van der Waals surface area contributed by atoms with Crippen molar-refractivity contribution in [3.05, 3.63) is 72.6 Å². The van der Waals surface area contributed by atoms with Gasteiger partial charge < -0.3 is 20.2 Å². The molecule has 1 aromatic carbocycles. The minimum Gasteiger partial charge on any atom is -0.466 e. The molecule has 2 aromatic heterocycles. The first-order valence-electron chi connectivity index (χ1n) is 7.72. The monoisotopic (exact) mass is 338 g/mol. The second-order valence-electron chi connectivity index (χ2n) is 5.73. The van der Waals surface area contributed by atoms with Gasteiger partial charge in [0.15, 0.2) is 0 Å². The molecule has 0 fully saturated rings. The number of amides is 1. The fourth-order valence-electron chi connectivity index (χ4n) is 2.28. The van der Waals surface area contributed by atoms with Crippen LogP contribution in [0.15, 0.2) is 65.7 Å². The van der Waals surface area contributed by atoms with Crippen LogP contribution in [0.25, 0.3) is 0 Å². The molecule has 1 amide bonds. The molecular formula is C18H18N4O3. The third-order valence-electron chi connectivity index (χ3n) is 3.61. The summed E-state index contributed by atoms with van der Waals surface area (Å²) in [6.07, 6.45) is 6.23. The van der Waals surface area contributed by atoms with Crippen LogP contribution < -0.4 is 10.6 Å². The van der Waals surface area contributed by atoms with Crippen LogP contribution in [0.1, 0.15) is 23.0 Å². The van der Waals surface area contributed by atoms with Crippen LogP contribution in [-0.2, 0) is 5.60 Å². The lowest BCUT2D eigenvalue weighted by molar-refractivity contribution is 0.0330. The Bertz CT molecular complexity index is 833. The lowest BCUT2D eigenvalue weighted by Gasteiger charge is -2.21. The van der Waals surface area contributed by atoms with E-state index in [1.165, 1.54) is 6.26 Å². The maximum absolute atomic E-state index is 12.4. The van der Waals surface area contributed by atoms with Gasteiger partial charge in [-0.1, -0.05) is 6.07 Å². The Morgan fingerprint density at radius 2 is 2.16 bits per heavy atom. The summed E-state index contributed by atoms with van der Waals surface area (Å²) in [5.41, 5.74) is -0.107. The average molecular weight is 338 g/mol. The summed E-state index contributed by atoms with van der Waals surface area (Å²) in [6.45, 7) is 1.61. The molecule has 25 heavy (non-hydrogen) atoms. The summed E-state index contributed by atoms with van der Waals surface area (Å²) in [6, 6.07) is 10.3. The molecule has 7 nitrogen and oxygen atoms in total. The van der Waals surface area contributed by atoms with Crippen molar-refractivity contribution in [3.8, 4) is 0 Å². The largest absolute Gasteiger partial charge is 0.466 e. The van der Waals surface area contributed by atoms with E-state index < -0.39 is 5.60 Å². The number of hydrogen-bond acceptors (Lipinski definition) is 6. The van der Waals surface area contributed by atoms with E-state index in [0.29, 0.717) is 22.8 Å². The van der Waals surface area contributed by atoms with Crippen molar-refractivity contribution in [1.29, 1.82) is 0 Å². The highest BCUT2D eigenvalue weighted by molar-refractivity contribution is 5.95. The second-order valence-corrected chi connectivity index (χ2v) is 5.73. The predicted octanol–water partition coefficient (Wildman–Crippen LogP) is 2.45. The van der Waals surface area contributed by atoms with Gasteiger partial charge in [0.05, 0.1) is 19.0 Å². The summed E-state index contributed by atoms with van der Waals surface area (Å²) in [5.74, 6) is 0.682. The summed E-state index contributed by atoms with van der Waals surface area (Å²) < 4.78 is 5.20. The number of benzene rings is 1. The van der Waals surface area contributed by atoms with E-state index in [-0.39, 0.29) is 12.5 Å². The van der Waals surface area contributed by atoms with Gasteiger partial charge in [-0.2, -0.15) is 0 Å². The Balaban J connectivity index is 1.65. The predicted molar refractivity (Wildman–Crippen MR) is 92.4 cm³/mol. The fourth-order valence-corrected chi connectivity index (χ4v) is 2.28. The van der Waals surface area contributed by atoms with Crippen molar-refractivity contribution in [2.45, 2.75) is 12.5 Å². The van der Waals surface area contributed by atoms with Gasteiger partial charge in [-0.25, -0.2) is 4.98 Å². The zero-order chi connectivity index (χ0) is 17.7. The molecule has 0 bridgehead atoms. The lowest BCUT2D eigenvalue weighted by Crippen LogP contribution is -2.38. The molecule has 128 valence electrons. The number of hydrogen-bond donors (Lipinski definition) is 3. The molecule has 1 unspecified atom stereocenters. The lowest BCUT2D eigenvalue weighted by atomic mass is 10.0. The summed E-state index contributed by atoms with van der Waals surface area (Å²) in [5, 5.41) is 16.2. The number of carbonyl (C=O) groups is 1. The van der Waals surface area contributed by atoms with Gasteiger partial charge in [0, 0.05) is 23.6 Å². The van der Waals surface area contributed by atoms with Crippen LogP contribution in [0.4, 0.5) is 11.5 Å². The maximum Gasteiger partial charge on any atom is 0.251 e. The highest BCUT2D eigenvalue weighted by atomic mass is 16.4. The van der Waals surface area contributed by atoms with E-state index in [2.05, 4.69) is 20.6 Å². The molecular weight excluding hydrogens is 320 g/mol. The number of carbonyl (C=O) groups excluding carboxylic acids is 1. The maximum atomic E-state index is 12.4. The van der Waals surface area contributed by atoms with Crippen LogP contribution in [0, 0.1) is 0 Å². The molecule has 0 aliphatic carbocycles. The van der Waals surface area contributed by atoms with Crippen molar-refractivity contribution < 1.29 is 14.3 Å². The molecule has 0 aliphatic rings. The van der Waals surface area contributed by atoms with E-state index >= 15 is 0 Å². The van der Waals surface area contributed by atoms with Crippen molar-refractivity contribution in [2.24, 2.45) is 0 Å². The van der Waals surface area contributed by atoms with Crippen LogP contribution in [-0.4, -0.2) is 27.5 Å². The van der Waals surface area contributed by atoms with E-state index in [4.69, 9.17) is 4.42 Å². The van der Waals surface area contributed by atoms with Gasteiger partial charge >= 0.3 is 0 Å². The first-order chi connectivity index (χ1) is 12.0. The van der Waals surface area contributed by atoms with Gasteiger partial charge in [0.1, 0.15) is 17.2 Å². The number of rotatable bonds is 6. The fraction of sp³-hybridized carbons (Fsp3) is 0.167. The van der Waals surface area contributed by atoms with E-state index in [1.807, 2.05) is 6.07 Å². The van der Waals surface area contributed by atoms with Gasteiger partial charge in [-0.3, -0.25) is 9.78 Å². The Morgan fingerprint density at radius 3 is 2.88 bits per heavy atom. The zero-order valence-electron chi connectivity index (χ0n) is 13.6. The molecule has 3 rings (SSSR count). The van der Waals surface area contributed by atoms with Crippen molar-refractivity contribution in [2.75, 3.05) is 11.9 Å². The third kappa shape index (κ3) is 4.21. The van der Waals surface area contributed by atoms with Crippen molar-refractivity contribution >= 4 is 17.4 Å². The molecule has 0 spiro atoms. The minimum atomic E-state index is -1.28. The number of aliphatic hydroxyl groups is 1. The Kier molecular flexibility index (Phi) is 4.76. The normalized spacial score (nSPS) is 13.0. The summed E-state index contributed by atoms with van der Waals surface area (Å²) >= 11 is 0. The zero-order valence-corrected chi connectivity index (χ0v) is 13.6. The highest BCUT2D eigenvalue weighted by Crippen LogP contribution is 2.20. The molecule has 7 heteroatoms. The van der Waals surface area contributed by atoms with E-state index in [0.717, 1.165) is 0 Å². The molecule has 1 atom stereocenters. The quantitative estimate of drug-likeness (QED) is 0.638. The highest BCUT2D eigenvalue weighted by Gasteiger charge is 2.26. The topological polar surface area (TPSA) is 100 Å². The van der Waals surface area contributed by atoms with Crippen LogP contribution in [0.2, 0.25) is 0 Å². The Labute approximate surface area is 144 Å². The second kappa shape index (κ2) is 7.14. The van der Waals surface area contributed by atoms with Gasteiger partial charge in [-0.15, -0.1) is 0 Å².